The minimum atomic E-state index is -0.966. The molecule has 106 valence electrons. The van der Waals surface area contributed by atoms with Gasteiger partial charge in [0.25, 0.3) is 0 Å². The van der Waals surface area contributed by atoms with Crippen LogP contribution in [-0.2, 0) is 11.2 Å². The highest BCUT2D eigenvalue weighted by Gasteiger charge is 2.46. The molecule has 2 nitrogen and oxygen atoms in total. The molecule has 1 aromatic rings. The van der Waals surface area contributed by atoms with Crippen LogP contribution in [0.5, 0.6) is 5.75 Å². The van der Waals surface area contributed by atoms with Gasteiger partial charge in [0.05, 0.1) is 0 Å². The van der Waals surface area contributed by atoms with Gasteiger partial charge in [-0.05, 0) is 49.0 Å². The fourth-order valence-corrected chi connectivity index (χ4v) is 3.73. The third-order valence-electron chi connectivity index (χ3n) is 4.91. The standard InChI is InChI=1S/C16H16F2O2/c1-3-16-5-4-12(19)8(2)13(16)9-6-11(17)15(20)14(18)10(9)7-16/h6,20H,3-5,7H2,1-2H3. The molecule has 2 aliphatic rings. The topological polar surface area (TPSA) is 37.3 Å². The van der Waals surface area contributed by atoms with Crippen molar-refractivity contribution < 1.29 is 18.7 Å². The zero-order chi connectivity index (χ0) is 14.7. The van der Waals surface area contributed by atoms with E-state index in [1.165, 1.54) is 6.07 Å². The average molecular weight is 278 g/mol. The Hall–Kier alpha value is -1.71. The Morgan fingerprint density at radius 2 is 2.10 bits per heavy atom. The normalized spacial score (nSPS) is 24.9. The highest BCUT2D eigenvalue weighted by molar-refractivity contribution is 6.06. The van der Waals surface area contributed by atoms with Crippen molar-refractivity contribution in [1.82, 2.24) is 0 Å². The van der Waals surface area contributed by atoms with Crippen molar-refractivity contribution in [3.63, 3.8) is 0 Å². The summed E-state index contributed by atoms with van der Waals surface area (Å²) >= 11 is 0. The number of allylic oxidation sites excluding steroid dienone is 2. The molecule has 0 aromatic heterocycles. The van der Waals surface area contributed by atoms with Gasteiger partial charge in [-0.2, -0.15) is 0 Å². The van der Waals surface area contributed by atoms with Gasteiger partial charge in [-0.1, -0.05) is 6.92 Å². The first-order valence-corrected chi connectivity index (χ1v) is 6.86. The van der Waals surface area contributed by atoms with E-state index in [2.05, 4.69) is 0 Å². The number of carbonyl (C=O) groups excluding carboxylic acids is 1. The molecule has 0 fully saturated rings. The first kappa shape index (κ1) is 13.3. The SMILES string of the molecule is CCC12CCC(=O)C(C)=C1c1cc(F)c(O)c(F)c1C2. The second-order valence-electron chi connectivity index (χ2n) is 5.78. The molecule has 4 heteroatoms. The average Bonchev–Trinajstić information content (AvgIpc) is 2.77. The van der Waals surface area contributed by atoms with Gasteiger partial charge < -0.3 is 5.11 Å². The molecule has 0 spiro atoms. The molecule has 1 atom stereocenters. The first-order chi connectivity index (χ1) is 9.41. The number of halogens is 2. The molecular formula is C16H16F2O2. The summed E-state index contributed by atoms with van der Waals surface area (Å²) in [6, 6.07) is 1.17. The van der Waals surface area contributed by atoms with Gasteiger partial charge in [0.2, 0.25) is 0 Å². The second kappa shape index (κ2) is 4.14. The molecule has 0 heterocycles. The smallest absolute Gasteiger partial charge is 0.188 e. The number of fused-ring (bicyclic) bond motifs is 3. The van der Waals surface area contributed by atoms with E-state index < -0.39 is 17.4 Å². The number of phenols is 1. The Kier molecular flexibility index (Phi) is 2.75. The Labute approximate surface area is 116 Å². The van der Waals surface area contributed by atoms with Crippen LogP contribution in [0.3, 0.4) is 0 Å². The fourth-order valence-electron chi connectivity index (χ4n) is 3.73. The number of carbonyl (C=O) groups is 1. The molecule has 3 rings (SSSR count). The van der Waals surface area contributed by atoms with E-state index in [1.54, 1.807) is 6.92 Å². The molecule has 0 aliphatic heterocycles. The summed E-state index contributed by atoms with van der Waals surface area (Å²) < 4.78 is 27.8. The van der Waals surface area contributed by atoms with Crippen molar-refractivity contribution in [3.8, 4) is 5.75 Å². The number of benzene rings is 1. The number of aromatic hydroxyl groups is 1. The number of ketones is 1. The minimum Gasteiger partial charge on any atom is -0.503 e. The lowest BCUT2D eigenvalue weighted by Gasteiger charge is -2.34. The lowest BCUT2D eigenvalue weighted by molar-refractivity contribution is -0.116. The van der Waals surface area contributed by atoms with Gasteiger partial charge in [-0.25, -0.2) is 8.78 Å². The predicted molar refractivity (Wildman–Crippen MR) is 71.3 cm³/mol. The number of hydrogen-bond acceptors (Lipinski definition) is 2. The lowest BCUT2D eigenvalue weighted by Crippen LogP contribution is -2.27. The van der Waals surface area contributed by atoms with Gasteiger partial charge >= 0.3 is 0 Å². The summed E-state index contributed by atoms with van der Waals surface area (Å²) in [7, 11) is 0. The zero-order valence-corrected chi connectivity index (χ0v) is 11.5. The number of rotatable bonds is 1. The van der Waals surface area contributed by atoms with E-state index in [1.807, 2.05) is 6.92 Å². The first-order valence-electron chi connectivity index (χ1n) is 6.86. The summed E-state index contributed by atoms with van der Waals surface area (Å²) in [6.45, 7) is 3.74. The Morgan fingerprint density at radius 3 is 2.75 bits per heavy atom. The summed E-state index contributed by atoms with van der Waals surface area (Å²) in [5.74, 6) is -2.72. The van der Waals surface area contributed by atoms with E-state index in [0.717, 1.165) is 12.0 Å². The van der Waals surface area contributed by atoms with Crippen molar-refractivity contribution in [2.45, 2.75) is 39.5 Å². The van der Waals surface area contributed by atoms with Crippen molar-refractivity contribution >= 4 is 11.4 Å². The van der Waals surface area contributed by atoms with Crippen LogP contribution in [0, 0.1) is 17.0 Å². The summed E-state index contributed by atoms with van der Waals surface area (Å²) in [6.07, 6.45) is 2.31. The summed E-state index contributed by atoms with van der Waals surface area (Å²) in [5.41, 5.74) is 1.91. The molecule has 0 radical (unpaired) electrons. The van der Waals surface area contributed by atoms with E-state index in [9.17, 15) is 18.7 Å². The van der Waals surface area contributed by atoms with E-state index in [-0.39, 0.29) is 11.2 Å². The lowest BCUT2D eigenvalue weighted by atomic mass is 9.68. The Balaban J connectivity index is 2.34. The van der Waals surface area contributed by atoms with Gasteiger partial charge in [0, 0.05) is 17.4 Å². The maximum absolute atomic E-state index is 14.1. The molecular weight excluding hydrogens is 262 g/mol. The summed E-state index contributed by atoms with van der Waals surface area (Å²) in [4.78, 5) is 11.9. The Bertz CT molecular complexity index is 661. The largest absolute Gasteiger partial charge is 0.503 e. The molecule has 0 saturated carbocycles. The maximum Gasteiger partial charge on any atom is 0.188 e. The molecule has 2 aliphatic carbocycles. The molecule has 20 heavy (non-hydrogen) atoms. The molecule has 0 saturated heterocycles. The van der Waals surface area contributed by atoms with Crippen LogP contribution in [0.15, 0.2) is 11.6 Å². The van der Waals surface area contributed by atoms with Crippen LogP contribution in [0.25, 0.3) is 5.57 Å². The third-order valence-corrected chi connectivity index (χ3v) is 4.91. The predicted octanol–water partition coefficient (Wildman–Crippen LogP) is 3.76. The highest BCUT2D eigenvalue weighted by atomic mass is 19.1. The van der Waals surface area contributed by atoms with Crippen LogP contribution in [0.1, 0.15) is 44.2 Å². The van der Waals surface area contributed by atoms with E-state index in [4.69, 9.17) is 0 Å². The van der Waals surface area contributed by atoms with Gasteiger partial charge in [-0.3, -0.25) is 4.79 Å². The van der Waals surface area contributed by atoms with Crippen LogP contribution >= 0.6 is 0 Å². The van der Waals surface area contributed by atoms with E-state index in [0.29, 0.717) is 36.0 Å². The third kappa shape index (κ3) is 1.51. The highest BCUT2D eigenvalue weighted by Crippen LogP contribution is 2.56. The van der Waals surface area contributed by atoms with Crippen molar-refractivity contribution in [1.29, 1.82) is 0 Å². The van der Waals surface area contributed by atoms with Gasteiger partial charge in [0.15, 0.2) is 23.2 Å². The molecule has 0 amide bonds. The van der Waals surface area contributed by atoms with Crippen LogP contribution < -0.4 is 0 Å². The quantitative estimate of drug-likeness (QED) is 0.849. The molecule has 1 unspecified atom stereocenters. The van der Waals surface area contributed by atoms with E-state index >= 15 is 0 Å². The fraction of sp³-hybridized carbons (Fsp3) is 0.438. The molecule has 0 bridgehead atoms. The van der Waals surface area contributed by atoms with Crippen molar-refractivity contribution in [3.05, 3.63) is 34.4 Å². The monoisotopic (exact) mass is 278 g/mol. The molecule has 1 aromatic carbocycles. The minimum absolute atomic E-state index is 0.0471. The van der Waals surface area contributed by atoms with Crippen molar-refractivity contribution in [2.24, 2.45) is 5.41 Å². The van der Waals surface area contributed by atoms with Crippen LogP contribution in [0.2, 0.25) is 0 Å². The van der Waals surface area contributed by atoms with Gasteiger partial charge in [-0.15, -0.1) is 0 Å². The zero-order valence-electron chi connectivity index (χ0n) is 11.5. The van der Waals surface area contributed by atoms with Gasteiger partial charge in [0.1, 0.15) is 0 Å². The van der Waals surface area contributed by atoms with Crippen LogP contribution in [-0.4, -0.2) is 10.9 Å². The molecule has 1 N–H and O–H groups in total. The second-order valence-corrected chi connectivity index (χ2v) is 5.78. The maximum atomic E-state index is 14.1. The number of Topliss-reactive ketones (excluding diaryl/α,β-unsaturated/α-hetero) is 1. The van der Waals surface area contributed by atoms with Crippen LogP contribution in [0.4, 0.5) is 8.78 Å². The van der Waals surface area contributed by atoms with Crippen molar-refractivity contribution in [2.75, 3.05) is 0 Å². The Morgan fingerprint density at radius 1 is 1.40 bits per heavy atom. The summed E-state index contributed by atoms with van der Waals surface area (Å²) in [5, 5.41) is 9.45. The number of hydrogen-bond donors (Lipinski definition) is 1. The number of phenolic OH excluding ortho intramolecular Hbond substituents is 1.